The SMILES string of the molecule is O=C(Nc1nc(-c2ccccc2)cs1)c1snc2ccccc12. The van der Waals surface area contributed by atoms with Crippen molar-refractivity contribution in [3.05, 3.63) is 64.9 Å². The molecule has 0 spiro atoms. The molecule has 0 fully saturated rings. The number of carbonyl (C=O) groups is 1. The van der Waals surface area contributed by atoms with Crippen molar-refractivity contribution < 1.29 is 4.79 Å². The molecule has 2 heterocycles. The van der Waals surface area contributed by atoms with E-state index < -0.39 is 0 Å². The fourth-order valence-electron chi connectivity index (χ4n) is 2.28. The molecule has 0 atom stereocenters. The fourth-order valence-corrected chi connectivity index (χ4v) is 3.75. The Kier molecular flexibility index (Phi) is 3.61. The van der Waals surface area contributed by atoms with Crippen LogP contribution >= 0.6 is 22.9 Å². The predicted molar refractivity (Wildman–Crippen MR) is 95.1 cm³/mol. The molecule has 4 nitrogen and oxygen atoms in total. The number of amides is 1. The topological polar surface area (TPSA) is 54.9 Å². The van der Waals surface area contributed by atoms with Crippen molar-refractivity contribution in [1.29, 1.82) is 0 Å². The molecule has 1 N–H and O–H groups in total. The number of nitrogens with zero attached hydrogens (tertiary/aromatic N) is 2. The Bertz CT molecular complexity index is 976. The van der Waals surface area contributed by atoms with E-state index in [1.807, 2.05) is 60.0 Å². The summed E-state index contributed by atoms with van der Waals surface area (Å²) in [6.45, 7) is 0. The molecule has 0 saturated heterocycles. The number of hydrogen-bond donors (Lipinski definition) is 1. The molecule has 0 bridgehead atoms. The minimum atomic E-state index is -0.169. The van der Waals surface area contributed by atoms with Gasteiger partial charge in [0.15, 0.2) is 5.13 Å². The first-order valence-electron chi connectivity index (χ1n) is 6.98. The molecule has 4 rings (SSSR count). The Hall–Kier alpha value is -2.57. The first-order valence-corrected chi connectivity index (χ1v) is 8.63. The van der Waals surface area contributed by atoms with Crippen LogP contribution in [0.5, 0.6) is 0 Å². The van der Waals surface area contributed by atoms with Gasteiger partial charge in [0.2, 0.25) is 0 Å². The summed E-state index contributed by atoms with van der Waals surface area (Å²) in [7, 11) is 0. The summed E-state index contributed by atoms with van der Waals surface area (Å²) in [5, 5.41) is 6.27. The lowest BCUT2D eigenvalue weighted by atomic mass is 10.2. The Morgan fingerprint density at radius 2 is 1.78 bits per heavy atom. The summed E-state index contributed by atoms with van der Waals surface area (Å²) >= 11 is 2.62. The summed E-state index contributed by atoms with van der Waals surface area (Å²) in [4.78, 5) is 17.6. The van der Waals surface area contributed by atoms with E-state index in [0.717, 1.165) is 22.2 Å². The highest BCUT2D eigenvalue weighted by molar-refractivity contribution is 7.14. The van der Waals surface area contributed by atoms with Crippen LogP contribution in [0.2, 0.25) is 0 Å². The molecule has 0 saturated carbocycles. The van der Waals surface area contributed by atoms with Crippen LogP contribution in [0.15, 0.2) is 60.0 Å². The van der Waals surface area contributed by atoms with Crippen LogP contribution in [-0.2, 0) is 0 Å². The number of nitrogens with one attached hydrogen (secondary N) is 1. The van der Waals surface area contributed by atoms with Crippen LogP contribution in [0.1, 0.15) is 9.67 Å². The summed E-state index contributed by atoms with van der Waals surface area (Å²) in [5.74, 6) is -0.169. The highest BCUT2D eigenvalue weighted by Gasteiger charge is 2.15. The number of aromatic nitrogens is 2. The quantitative estimate of drug-likeness (QED) is 0.591. The van der Waals surface area contributed by atoms with Gasteiger partial charge in [-0.2, -0.15) is 4.37 Å². The molecule has 0 aliphatic heterocycles. The molecule has 112 valence electrons. The van der Waals surface area contributed by atoms with E-state index >= 15 is 0 Å². The largest absolute Gasteiger partial charge is 0.297 e. The molecule has 0 unspecified atom stereocenters. The maximum absolute atomic E-state index is 12.5. The van der Waals surface area contributed by atoms with Gasteiger partial charge >= 0.3 is 0 Å². The van der Waals surface area contributed by atoms with Crippen LogP contribution < -0.4 is 5.32 Å². The van der Waals surface area contributed by atoms with E-state index in [9.17, 15) is 4.79 Å². The first-order chi connectivity index (χ1) is 11.3. The van der Waals surface area contributed by atoms with E-state index in [1.54, 1.807) is 0 Å². The molecule has 2 aromatic carbocycles. The Morgan fingerprint density at radius 1 is 1.00 bits per heavy atom. The third-order valence-electron chi connectivity index (χ3n) is 3.38. The third kappa shape index (κ3) is 2.74. The van der Waals surface area contributed by atoms with Gasteiger partial charge in [0.1, 0.15) is 4.88 Å². The van der Waals surface area contributed by atoms with Gasteiger partial charge in [-0.15, -0.1) is 11.3 Å². The number of fused-ring (bicyclic) bond motifs is 1. The summed E-state index contributed by atoms with van der Waals surface area (Å²) in [5.41, 5.74) is 2.74. The molecule has 6 heteroatoms. The Balaban J connectivity index is 1.59. The summed E-state index contributed by atoms with van der Waals surface area (Å²) in [6, 6.07) is 17.5. The van der Waals surface area contributed by atoms with Crippen LogP contribution in [0.4, 0.5) is 5.13 Å². The van der Waals surface area contributed by atoms with Crippen molar-refractivity contribution in [1.82, 2.24) is 9.36 Å². The highest BCUT2D eigenvalue weighted by atomic mass is 32.1. The zero-order chi connectivity index (χ0) is 15.6. The van der Waals surface area contributed by atoms with Gasteiger partial charge < -0.3 is 0 Å². The summed E-state index contributed by atoms with van der Waals surface area (Å²) < 4.78 is 4.30. The molecule has 0 radical (unpaired) electrons. The van der Waals surface area contributed by atoms with E-state index in [2.05, 4.69) is 14.7 Å². The second kappa shape index (κ2) is 5.91. The lowest BCUT2D eigenvalue weighted by Gasteiger charge is -1.99. The zero-order valence-corrected chi connectivity index (χ0v) is 13.5. The van der Waals surface area contributed by atoms with E-state index in [0.29, 0.717) is 10.0 Å². The van der Waals surface area contributed by atoms with Crippen molar-refractivity contribution in [3.8, 4) is 11.3 Å². The average molecular weight is 337 g/mol. The maximum atomic E-state index is 12.5. The number of hydrogen-bond acceptors (Lipinski definition) is 5. The standard InChI is InChI=1S/C17H11N3OS2/c21-16(15-12-8-4-5-9-13(12)20-23-15)19-17-18-14(10-22-17)11-6-2-1-3-7-11/h1-10H,(H,18,19,21). The Morgan fingerprint density at radius 3 is 2.65 bits per heavy atom. The van der Waals surface area contributed by atoms with Crippen LogP contribution in [0.3, 0.4) is 0 Å². The minimum Gasteiger partial charge on any atom is -0.297 e. The van der Waals surface area contributed by atoms with E-state index in [4.69, 9.17) is 0 Å². The normalized spacial score (nSPS) is 10.8. The number of benzene rings is 2. The third-order valence-corrected chi connectivity index (χ3v) is 5.02. The molecule has 0 aliphatic rings. The van der Waals surface area contributed by atoms with Gasteiger partial charge in [-0.25, -0.2) is 4.98 Å². The zero-order valence-electron chi connectivity index (χ0n) is 11.9. The van der Waals surface area contributed by atoms with Crippen LogP contribution in [0.25, 0.3) is 22.2 Å². The van der Waals surface area contributed by atoms with Gasteiger partial charge in [0.25, 0.3) is 5.91 Å². The fraction of sp³-hybridized carbons (Fsp3) is 0. The number of carbonyl (C=O) groups excluding carboxylic acids is 1. The van der Waals surface area contributed by atoms with E-state index in [1.165, 1.54) is 22.9 Å². The van der Waals surface area contributed by atoms with E-state index in [-0.39, 0.29) is 5.91 Å². The molecule has 4 aromatic rings. The van der Waals surface area contributed by atoms with Crippen molar-refractivity contribution in [2.24, 2.45) is 0 Å². The summed E-state index contributed by atoms with van der Waals surface area (Å²) in [6.07, 6.45) is 0. The molecular formula is C17H11N3OS2. The number of thiazole rings is 1. The predicted octanol–water partition coefficient (Wildman–Crippen LogP) is 4.67. The number of anilines is 1. The van der Waals surface area contributed by atoms with Gasteiger partial charge in [-0.3, -0.25) is 10.1 Å². The molecule has 1 amide bonds. The van der Waals surface area contributed by atoms with Crippen molar-refractivity contribution in [2.75, 3.05) is 5.32 Å². The highest BCUT2D eigenvalue weighted by Crippen LogP contribution is 2.27. The van der Waals surface area contributed by atoms with Gasteiger partial charge in [-0.05, 0) is 17.6 Å². The number of rotatable bonds is 3. The molecule has 23 heavy (non-hydrogen) atoms. The lowest BCUT2D eigenvalue weighted by Crippen LogP contribution is -2.10. The van der Waals surface area contributed by atoms with Gasteiger partial charge in [0.05, 0.1) is 11.2 Å². The molecule has 2 aromatic heterocycles. The lowest BCUT2D eigenvalue weighted by molar-refractivity contribution is 0.103. The van der Waals surface area contributed by atoms with Crippen molar-refractivity contribution >= 4 is 44.8 Å². The van der Waals surface area contributed by atoms with Gasteiger partial charge in [-0.1, -0.05) is 48.5 Å². The van der Waals surface area contributed by atoms with Crippen LogP contribution in [-0.4, -0.2) is 15.3 Å². The second-order valence-electron chi connectivity index (χ2n) is 4.89. The molecule has 0 aliphatic carbocycles. The van der Waals surface area contributed by atoms with Crippen molar-refractivity contribution in [2.45, 2.75) is 0 Å². The second-order valence-corrected chi connectivity index (χ2v) is 6.52. The average Bonchev–Trinajstić information content (AvgIpc) is 3.22. The minimum absolute atomic E-state index is 0.169. The smallest absolute Gasteiger partial charge is 0.269 e. The van der Waals surface area contributed by atoms with Crippen LogP contribution in [0, 0.1) is 0 Å². The van der Waals surface area contributed by atoms with Crippen molar-refractivity contribution in [3.63, 3.8) is 0 Å². The Labute approximate surface area is 140 Å². The van der Waals surface area contributed by atoms with Gasteiger partial charge in [0, 0.05) is 16.3 Å². The monoisotopic (exact) mass is 337 g/mol. The first kappa shape index (κ1) is 14.0. The maximum Gasteiger partial charge on any atom is 0.269 e. The molecular weight excluding hydrogens is 326 g/mol.